The average Bonchev–Trinajstić information content (AvgIpc) is 2.64. The fraction of sp³-hybridized carbons (Fsp3) is 0.100. The fourth-order valence-corrected chi connectivity index (χ4v) is 2.89. The number of anilines is 3. The van der Waals surface area contributed by atoms with Gasteiger partial charge in [-0.15, -0.1) is 0 Å². The molecule has 6 nitrogen and oxygen atoms in total. The topological polar surface area (TPSA) is 75.2 Å². The van der Waals surface area contributed by atoms with E-state index in [1.807, 2.05) is 0 Å². The molecule has 2 aromatic heterocycles. The van der Waals surface area contributed by atoms with Crippen LogP contribution in [0.5, 0.6) is 0 Å². The van der Waals surface area contributed by atoms with Crippen LogP contribution in [0, 0.1) is 11.6 Å². The Morgan fingerprint density at radius 2 is 1.90 bits per heavy atom. The summed E-state index contributed by atoms with van der Waals surface area (Å²) in [6.07, 6.45) is 3.68. The van der Waals surface area contributed by atoms with E-state index in [-0.39, 0.29) is 22.9 Å². The summed E-state index contributed by atoms with van der Waals surface area (Å²) in [5, 5.41) is 2.82. The molecule has 0 fully saturated rings. The van der Waals surface area contributed by atoms with Gasteiger partial charge >= 0.3 is 0 Å². The SMILES string of the molecule is CC(=O)N(c1cncc(F)c1)c1cc(NC(=O)Cc2ccc(F)cc2Cl)ccn1. The quantitative estimate of drug-likeness (QED) is 0.673. The number of hydrogen-bond acceptors (Lipinski definition) is 4. The van der Waals surface area contributed by atoms with E-state index in [0.29, 0.717) is 11.3 Å². The second-order valence-corrected chi connectivity index (χ2v) is 6.49. The number of amides is 2. The smallest absolute Gasteiger partial charge is 0.229 e. The summed E-state index contributed by atoms with van der Waals surface area (Å²) in [6, 6.07) is 7.94. The molecule has 0 aliphatic heterocycles. The van der Waals surface area contributed by atoms with Crippen LogP contribution < -0.4 is 10.2 Å². The molecule has 0 spiro atoms. The minimum Gasteiger partial charge on any atom is -0.326 e. The molecular weight excluding hydrogens is 402 g/mol. The normalized spacial score (nSPS) is 10.5. The monoisotopic (exact) mass is 416 g/mol. The maximum Gasteiger partial charge on any atom is 0.229 e. The lowest BCUT2D eigenvalue weighted by molar-refractivity contribution is -0.116. The van der Waals surface area contributed by atoms with E-state index in [1.54, 1.807) is 0 Å². The van der Waals surface area contributed by atoms with Crippen LogP contribution in [0.25, 0.3) is 0 Å². The number of nitrogens with zero attached hydrogens (tertiary/aromatic N) is 3. The number of hydrogen-bond donors (Lipinski definition) is 1. The van der Waals surface area contributed by atoms with Crippen molar-refractivity contribution in [3.05, 3.63) is 77.2 Å². The third-order valence-corrected chi connectivity index (χ3v) is 4.24. The summed E-state index contributed by atoms with van der Waals surface area (Å²) in [5.41, 5.74) is 1.04. The number of aromatic nitrogens is 2. The minimum atomic E-state index is -0.602. The highest BCUT2D eigenvalue weighted by Gasteiger charge is 2.17. The molecule has 0 atom stereocenters. The Kier molecular flexibility index (Phi) is 6.13. The second kappa shape index (κ2) is 8.74. The zero-order chi connectivity index (χ0) is 21.0. The minimum absolute atomic E-state index is 0.0684. The third kappa shape index (κ3) is 5.11. The van der Waals surface area contributed by atoms with Gasteiger partial charge in [-0.25, -0.2) is 13.8 Å². The average molecular weight is 417 g/mol. The first-order valence-electron chi connectivity index (χ1n) is 8.44. The van der Waals surface area contributed by atoms with Gasteiger partial charge in [0.05, 0.1) is 24.5 Å². The Morgan fingerprint density at radius 3 is 2.59 bits per heavy atom. The maximum absolute atomic E-state index is 13.5. The summed E-state index contributed by atoms with van der Waals surface area (Å²) < 4.78 is 26.6. The van der Waals surface area contributed by atoms with Gasteiger partial charge in [0, 0.05) is 36.0 Å². The number of rotatable bonds is 5. The van der Waals surface area contributed by atoms with Crippen molar-refractivity contribution in [3.8, 4) is 0 Å². The lowest BCUT2D eigenvalue weighted by Gasteiger charge is -2.20. The first-order valence-corrected chi connectivity index (χ1v) is 8.82. The van der Waals surface area contributed by atoms with E-state index in [0.717, 1.165) is 18.3 Å². The molecule has 9 heteroatoms. The van der Waals surface area contributed by atoms with E-state index < -0.39 is 23.4 Å². The van der Waals surface area contributed by atoms with Crippen molar-refractivity contribution in [2.24, 2.45) is 0 Å². The molecular formula is C20H15ClF2N4O2. The van der Waals surface area contributed by atoms with Crippen molar-refractivity contribution in [3.63, 3.8) is 0 Å². The molecule has 0 aliphatic carbocycles. The molecule has 0 saturated heterocycles. The van der Waals surface area contributed by atoms with Crippen molar-refractivity contribution in [1.82, 2.24) is 9.97 Å². The first kappa shape index (κ1) is 20.3. The largest absolute Gasteiger partial charge is 0.326 e. The van der Waals surface area contributed by atoms with E-state index in [2.05, 4.69) is 15.3 Å². The third-order valence-electron chi connectivity index (χ3n) is 3.89. The molecule has 0 radical (unpaired) electrons. The van der Waals surface area contributed by atoms with Gasteiger partial charge in [-0.1, -0.05) is 17.7 Å². The molecule has 0 bridgehead atoms. The van der Waals surface area contributed by atoms with E-state index in [1.165, 1.54) is 48.5 Å². The second-order valence-electron chi connectivity index (χ2n) is 6.08. The molecule has 2 amide bonds. The molecule has 0 unspecified atom stereocenters. The Morgan fingerprint density at radius 1 is 1.10 bits per heavy atom. The van der Waals surface area contributed by atoms with E-state index >= 15 is 0 Å². The number of carbonyl (C=O) groups excluding carboxylic acids is 2. The van der Waals surface area contributed by atoms with E-state index in [4.69, 9.17) is 11.6 Å². The van der Waals surface area contributed by atoms with Crippen molar-refractivity contribution >= 4 is 40.6 Å². The predicted molar refractivity (Wildman–Crippen MR) is 105 cm³/mol. The van der Waals surface area contributed by atoms with Gasteiger partial charge in [0.2, 0.25) is 11.8 Å². The number of benzene rings is 1. The number of pyridine rings is 2. The predicted octanol–water partition coefficient (Wildman–Crippen LogP) is 4.27. The van der Waals surface area contributed by atoms with Crippen molar-refractivity contribution in [1.29, 1.82) is 0 Å². The molecule has 0 saturated carbocycles. The maximum atomic E-state index is 13.5. The van der Waals surface area contributed by atoms with E-state index in [9.17, 15) is 18.4 Å². The number of nitrogens with one attached hydrogen (secondary N) is 1. The Bertz CT molecular complexity index is 1080. The lowest BCUT2D eigenvalue weighted by atomic mass is 10.1. The highest BCUT2D eigenvalue weighted by Crippen LogP contribution is 2.26. The molecule has 29 heavy (non-hydrogen) atoms. The first-order chi connectivity index (χ1) is 13.8. The van der Waals surface area contributed by atoms with Gasteiger partial charge in [-0.05, 0) is 23.8 Å². The summed E-state index contributed by atoms with van der Waals surface area (Å²) in [7, 11) is 0. The van der Waals surface area contributed by atoms with Gasteiger partial charge in [0.15, 0.2) is 0 Å². The van der Waals surface area contributed by atoms with Crippen molar-refractivity contribution in [2.45, 2.75) is 13.3 Å². The van der Waals surface area contributed by atoms with Crippen LogP contribution in [-0.4, -0.2) is 21.8 Å². The molecule has 3 aromatic rings. The van der Waals surface area contributed by atoms with Crippen LogP contribution in [0.4, 0.5) is 26.0 Å². The molecule has 0 aliphatic rings. The van der Waals surface area contributed by atoms with Crippen LogP contribution >= 0.6 is 11.6 Å². The van der Waals surface area contributed by atoms with Crippen molar-refractivity contribution < 1.29 is 18.4 Å². The highest BCUT2D eigenvalue weighted by atomic mass is 35.5. The summed E-state index contributed by atoms with van der Waals surface area (Å²) >= 11 is 5.95. The molecule has 148 valence electrons. The summed E-state index contributed by atoms with van der Waals surface area (Å²) in [5.74, 6) is -1.71. The summed E-state index contributed by atoms with van der Waals surface area (Å²) in [6.45, 7) is 1.30. The van der Waals surface area contributed by atoms with Crippen LogP contribution in [0.15, 0.2) is 55.0 Å². The number of carbonyl (C=O) groups is 2. The molecule has 3 rings (SSSR count). The summed E-state index contributed by atoms with van der Waals surface area (Å²) in [4.78, 5) is 33.5. The van der Waals surface area contributed by atoms with Gasteiger partial charge < -0.3 is 5.32 Å². The molecule has 1 aromatic carbocycles. The van der Waals surface area contributed by atoms with Gasteiger partial charge in [0.25, 0.3) is 0 Å². The van der Waals surface area contributed by atoms with Crippen LogP contribution in [-0.2, 0) is 16.0 Å². The van der Waals surface area contributed by atoms with Crippen LogP contribution in [0.1, 0.15) is 12.5 Å². The molecule has 2 heterocycles. The van der Waals surface area contributed by atoms with Crippen molar-refractivity contribution in [2.75, 3.05) is 10.2 Å². The zero-order valence-corrected chi connectivity index (χ0v) is 16.0. The van der Waals surface area contributed by atoms with Gasteiger partial charge in [-0.3, -0.25) is 19.5 Å². The van der Waals surface area contributed by atoms with Crippen LogP contribution in [0.2, 0.25) is 5.02 Å². The highest BCUT2D eigenvalue weighted by molar-refractivity contribution is 6.31. The van der Waals surface area contributed by atoms with Gasteiger partial charge in [0.1, 0.15) is 17.5 Å². The zero-order valence-electron chi connectivity index (χ0n) is 15.2. The fourth-order valence-electron chi connectivity index (χ4n) is 2.66. The lowest BCUT2D eigenvalue weighted by Crippen LogP contribution is -2.24. The Hall–Kier alpha value is -3.39. The van der Waals surface area contributed by atoms with Crippen LogP contribution in [0.3, 0.4) is 0 Å². The Balaban J connectivity index is 1.81. The Labute approximate surface area is 170 Å². The number of halogens is 3. The van der Waals surface area contributed by atoms with Gasteiger partial charge in [-0.2, -0.15) is 0 Å². The molecule has 1 N–H and O–H groups in total. The standard InChI is InChI=1S/C20H15ClF2N4O2/c1-12(28)27(17-7-15(23)10-24-11-17)19-9-16(4-5-25-19)26-20(29)6-13-2-3-14(22)8-18(13)21/h2-5,7-11H,6H2,1H3,(H,25,26,29).